The third-order valence-electron chi connectivity index (χ3n) is 2.71. The van der Waals surface area contributed by atoms with E-state index in [-0.39, 0.29) is 0 Å². The van der Waals surface area contributed by atoms with E-state index in [1.54, 1.807) is 24.0 Å². The molecule has 6 nitrogen and oxygen atoms in total. The van der Waals surface area contributed by atoms with E-state index in [1.165, 1.54) is 6.33 Å². The zero-order chi connectivity index (χ0) is 13.9. The number of rotatable bonds is 3. The summed E-state index contributed by atoms with van der Waals surface area (Å²) in [6.45, 7) is 1.81. The van der Waals surface area contributed by atoms with Crippen molar-refractivity contribution < 1.29 is 4.74 Å². The first-order valence-corrected chi connectivity index (χ1v) is 6.23. The van der Waals surface area contributed by atoms with Gasteiger partial charge in [0.05, 0.1) is 18.1 Å². The van der Waals surface area contributed by atoms with Gasteiger partial charge in [0.25, 0.3) is 0 Å². The minimum atomic E-state index is 0.384. The van der Waals surface area contributed by atoms with E-state index in [0.29, 0.717) is 22.3 Å². The molecule has 0 radical (unpaired) electrons. The van der Waals surface area contributed by atoms with Gasteiger partial charge in [-0.1, -0.05) is 16.8 Å². The molecular formula is C13H10ClN5O. The molecule has 0 fully saturated rings. The second kappa shape index (κ2) is 5.26. The van der Waals surface area contributed by atoms with Gasteiger partial charge in [-0.05, 0) is 31.2 Å². The summed E-state index contributed by atoms with van der Waals surface area (Å²) < 4.78 is 7.34. The third-order valence-corrected chi connectivity index (χ3v) is 3.10. The van der Waals surface area contributed by atoms with Crippen LogP contribution in [0.15, 0.2) is 43.0 Å². The zero-order valence-corrected chi connectivity index (χ0v) is 11.3. The number of aromatic nitrogens is 5. The van der Waals surface area contributed by atoms with Crippen LogP contribution in [0.2, 0.25) is 5.15 Å². The summed E-state index contributed by atoms with van der Waals surface area (Å²) in [5.74, 6) is 1.10. The number of halogens is 1. The highest BCUT2D eigenvalue weighted by Gasteiger charge is 2.07. The fourth-order valence-electron chi connectivity index (χ4n) is 1.64. The molecule has 3 rings (SSSR count). The molecule has 0 aliphatic rings. The van der Waals surface area contributed by atoms with Crippen molar-refractivity contribution in [1.82, 2.24) is 25.0 Å². The minimum absolute atomic E-state index is 0.384. The first-order chi connectivity index (χ1) is 9.74. The third kappa shape index (κ3) is 2.46. The maximum atomic E-state index is 5.92. The average molecular weight is 288 g/mol. The minimum Gasteiger partial charge on any atom is -0.439 e. The van der Waals surface area contributed by atoms with Gasteiger partial charge in [-0.2, -0.15) is 0 Å². The normalized spacial score (nSPS) is 10.5. The molecule has 0 aliphatic heterocycles. The molecule has 1 aromatic carbocycles. The average Bonchev–Trinajstić information content (AvgIpc) is 2.99. The Balaban J connectivity index is 1.83. The van der Waals surface area contributed by atoms with Crippen LogP contribution in [0.3, 0.4) is 0 Å². The van der Waals surface area contributed by atoms with Crippen LogP contribution >= 0.6 is 11.6 Å². The van der Waals surface area contributed by atoms with Gasteiger partial charge < -0.3 is 4.74 Å². The molecule has 100 valence electrons. The summed E-state index contributed by atoms with van der Waals surface area (Å²) in [4.78, 5) is 7.95. The van der Waals surface area contributed by atoms with Crippen LogP contribution in [-0.4, -0.2) is 25.0 Å². The molecule has 0 bridgehead atoms. The van der Waals surface area contributed by atoms with Crippen molar-refractivity contribution in [2.75, 3.05) is 0 Å². The molecule has 0 atom stereocenters. The van der Waals surface area contributed by atoms with Crippen molar-refractivity contribution in [3.8, 4) is 17.3 Å². The highest BCUT2D eigenvalue weighted by atomic mass is 35.5. The van der Waals surface area contributed by atoms with E-state index in [2.05, 4.69) is 20.3 Å². The summed E-state index contributed by atoms with van der Waals surface area (Å²) in [7, 11) is 0. The Hall–Kier alpha value is -2.47. The van der Waals surface area contributed by atoms with Crippen LogP contribution in [0.5, 0.6) is 11.6 Å². The van der Waals surface area contributed by atoms with E-state index >= 15 is 0 Å². The Kier molecular flexibility index (Phi) is 3.30. The fraction of sp³-hybridized carbons (Fsp3) is 0.0769. The predicted molar refractivity (Wildman–Crippen MR) is 73.2 cm³/mol. The smallest absolute Gasteiger partial charge is 0.226 e. The largest absolute Gasteiger partial charge is 0.439 e. The first kappa shape index (κ1) is 12.6. The van der Waals surface area contributed by atoms with E-state index in [0.717, 1.165) is 5.69 Å². The Labute approximate surface area is 120 Å². The lowest BCUT2D eigenvalue weighted by atomic mass is 10.3. The van der Waals surface area contributed by atoms with Gasteiger partial charge in [0, 0.05) is 5.56 Å². The quantitative estimate of drug-likeness (QED) is 0.693. The van der Waals surface area contributed by atoms with Gasteiger partial charge in [-0.25, -0.2) is 14.6 Å². The maximum absolute atomic E-state index is 5.92. The number of nitrogens with zero attached hydrogens (tertiary/aromatic N) is 5. The Morgan fingerprint density at radius 1 is 1.15 bits per heavy atom. The van der Waals surface area contributed by atoms with Gasteiger partial charge in [-0.15, -0.1) is 5.10 Å². The van der Waals surface area contributed by atoms with Crippen molar-refractivity contribution in [1.29, 1.82) is 0 Å². The second-order valence-electron chi connectivity index (χ2n) is 4.04. The molecule has 2 heterocycles. The number of benzene rings is 1. The molecular weight excluding hydrogens is 278 g/mol. The van der Waals surface area contributed by atoms with Crippen molar-refractivity contribution >= 4 is 11.6 Å². The second-order valence-corrected chi connectivity index (χ2v) is 4.40. The van der Waals surface area contributed by atoms with E-state index < -0.39 is 0 Å². The SMILES string of the molecule is Cc1c(Cl)ncnc1Oc1ccc(-n2ccnn2)cc1. The molecule has 2 aromatic heterocycles. The Bertz CT molecular complexity index is 712. The van der Waals surface area contributed by atoms with Gasteiger partial charge in [-0.3, -0.25) is 0 Å². The van der Waals surface area contributed by atoms with Crippen LogP contribution in [0, 0.1) is 6.92 Å². The van der Waals surface area contributed by atoms with Gasteiger partial charge >= 0.3 is 0 Å². The van der Waals surface area contributed by atoms with Crippen LogP contribution in [0.4, 0.5) is 0 Å². The molecule has 0 saturated heterocycles. The van der Waals surface area contributed by atoms with Crippen molar-refractivity contribution in [2.45, 2.75) is 6.92 Å². The topological polar surface area (TPSA) is 65.7 Å². The Morgan fingerprint density at radius 2 is 1.95 bits per heavy atom. The lowest BCUT2D eigenvalue weighted by Crippen LogP contribution is -1.96. The highest BCUT2D eigenvalue weighted by Crippen LogP contribution is 2.26. The number of hydrogen-bond donors (Lipinski definition) is 0. The van der Waals surface area contributed by atoms with E-state index in [1.807, 2.05) is 24.3 Å². The van der Waals surface area contributed by atoms with Crippen LogP contribution in [-0.2, 0) is 0 Å². The molecule has 3 aromatic rings. The van der Waals surface area contributed by atoms with Gasteiger partial charge in [0.1, 0.15) is 17.2 Å². The van der Waals surface area contributed by atoms with E-state index in [9.17, 15) is 0 Å². The summed E-state index contributed by atoms with van der Waals surface area (Å²) in [5, 5.41) is 8.06. The lowest BCUT2D eigenvalue weighted by molar-refractivity contribution is 0.457. The zero-order valence-electron chi connectivity index (χ0n) is 10.6. The molecule has 0 N–H and O–H groups in total. The van der Waals surface area contributed by atoms with Gasteiger partial charge in [0.2, 0.25) is 5.88 Å². The van der Waals surface area contributed by atoms with Crippen LogP contribution in [0.25, 0.3) is 5.69 Å². The molecule has 0 amide bonds. The monoisotopic (exact) mass is 287 g/mol. The number of ether oxygens (including phenoxy) is 1. The predicted octanol–water partition coefficient (Wildman–Crippen LogP) is 2.81. The van der Waals surface area contributed by atoms with Crippen LogP contribution < -0.4 is 4.74 Å². The summed E-state index contributed by atoms with van der Waals surface area (Å²) in [6, 6.07) is 7.41. The van der Waals surface area contributed by atoms with Crippen molar-refractivity contribution in [3.05, 3.63) is 53.7 Å². The fourth-order valence-corrected chi connectivity index (χ4v) is 1.77. The summed E-state index contributed by atoms with van der Waals surface area (Å²) in [6.07, 6.45) is 4.76. The van der Waals surface area contributed by atoms with Crippen LogP contribution in [0.1, 0.15) is 5.56 Å². The van der Waals surface area contributed by atoms with Crippen molar-refractivity contribution in [2.24, 2.45) is 0 Å². The first-order valence-electron chi connectivity index (χ1n) is 5.86. The summed E-state index contributed by atoms with van der Waals surface area (Å²) in [5.41, 5.74) is 1.60. The maximum Gasteiger partial charge on any atom is 0.226 e. The van der Waals surface area contributed by atoms with Crippen molar-refractivity contribution in [3.63, 3.8) is 0 Å². The molecule has 20 heavy (non-hydrogen) atoms. The number of hydrogen-bond acceptors (Lipinski definition) is 5. The molecule has 0 spiro atoms. The molecule has 0 unspecified atom stereocenters. The lowest BCUT2D eigenvalue weighted by Gasteiger charge is -2.08. The molecule has 0 aliphatic carbocycles. The molecule has 0 saturated carbocycles. The standard InChI is InChI=1S/C13H10ClN5O/c1-9-12(14)15-8-16-13(9)20-11-4-2-10(3-5-11)19-7-6-17-18-19/h2-8H,1H3. The highest BCUT2D eigenvalue weighted by molar-refractivity contribution is 6.30. The van der Waals surface area contributed by atoms with Gasteiger partial charge in [0.15, 0.2) is 0 Å². The Morgan fingerprint density at radius 3 is 2.65 bits per heavy atom. The molecule has 7 heteroatoms. The summed E-state index contributed by atoms with van der Waals surface area (Å²) >= 11 is 5.92. The van der Waals surface area contributed by atoms with E-state index in [4.69, 9.17) is 16.3 Å².